The van der Waals surface area contributed by atoms with E-state index in [0.29, 0.717) is 19.1 Å². The van der Waals surface area contributed by atoms with Gasteiger partial charge in [-0.2, -0.15) is 0 Å². The number of hydrogen-bond acceptors (Lipinski definition) is 3. The average molecular weight is 200 g/mol. The van der Waals surface area contributed by atoms with Crippen LogP contribution in [0.4, 0.5) is 0 Å². The van der Waals surface area contributed by atoms with Crippen molar-refractivity contribution < 1.29 is 14.3 Å². The molecule has 1 rings (SSSR count). The third-order valence-electron chi connectivity index (χ3n) is 2.48. The first-order valence-corrected chi connectivity index (χ1v) is 5.53. The van der Waals surface area contributed by atoms with Crippen LogP contribution >= 0.6 is 0 Å². The highest BCUT2D eigenvalue weighted by Crippen LogP contribution is 2.19. The van der Waals surface area contributed by atoms with Crippen LogP contribution in [0.15, 0.2) is 0 Å². The summed E-state index contributed by atoms with van der Waals surface area (Å²) < 4.78 is 10.7. The molecule has 3 nitrogen and oxygen atoms in total. The van der Waals surface area contributed by atoms with Gasteiger partial charge in [0.05, 0.1) is 12.2 Å². The summed E-state index contributed by atoms with van der Waals surface area (Å²) in [6.45, 7) is 4.56. The van der Waals surface area contributed by atoms with E-state index in [9.17, 15) is 4.79 Å². The molecule has 1 aliphatic rings. The van der Waals surface area contributed by atoms with E-state index in [1.807, 2.05) is 0 Å². The maximum absolute atomic E-state index is 11.2. The average Bonchev–Trinajstić information content (AvgIpc) is 2.58. The first kappa shape index (κ1) is 11.5. The first-order valence-electron chi connectivity index (χ1n) is 5.53. The van der Waals surface area contributed by atoms with E-state index in [-0.39, 0.29) is 12.1 Å². The normalized spacial score (nSPS) is 26.4. The van der Waals surface area contributed by atoms with Gasteiger partial charge in [-0.3, -0.25) is 4.79 Å². The van der Waals surface area contributed by atoms with Crippen molar-refractivity contribution in [3.63, 3.8) is 0 Å². The van der Waals surface area contributed by atoms with Crippen molar-refractivity contribution in [1.29, 1.82) is 0 Å². The minimum absolute atomic E-state index is 0.0880. The molecule has 1 fully saturated rings. The highest BCUT2D eigenvalue weighted by Gasteiger charge is 2.22. The second kappa shape index (κ2) is 6.02. The highest BCUT2D eigenvalue weighted by atomic mass is 16.6. The van der Waals surface area contributed by atoms with Gasteiger partial charge in [0, 0.05) is 6.42 Å². The number of unbranched alkanes of at least 4 members (excludes halogenated alkanes) is 1. The first-order chi connectivity index (χ1) is 6.72. The van der Waals surface area contributed by atoms with Gasteiger partial charge in [0.2, 0.25) is 0 Å². The standard InChI is InChI=1S/C11H20O3/c1-3-4-5-11(12)13-8-10-7-6-9(2)14-10/h9-10H,3-8H2,1-2H3/t9-,10-/m0/s1. The van der Waals surface area contributed by atoms with Crippen LogP contribution in [0.2, 0.25) is 0 Å². The number of rotatable bonds is 5. The van der Waals surface area contributed by atoms with Crippen molar-refractivity contribution in [3.8, 4) is 0 Å². The molecule has 0 aromatic carbocycles. The molecule has 0 aromatic rings. The zero-order valence-electron chi connectivity index (χ0n) is 9.12. The van der Waals surface area contributed by atoms with Gasteiger partial charge in [-0.1, -0.05) is 13.3 Å². The SMILES string of the molecule is CCCCC(=O)OC[C@@H]1CC[C@H](C)O1. The second-order valence-electron chi connectivity index (χ2n) is 3.93. The molecule has 14 heavy (non-hydrogen) atoms. The Morgan fingerprint density at radius 1 is 1.50 bits per heavy atom. The van der Waals surface area contributed by atoms with Crippen LogP contribution in [0.3, 0.4) is 0 Å². The van der Waals surface area contributed by atoms with E-state index in [0.717, 1.165) is 25.7 Å². The topological polar surface area (TPSA) is 35.5 Å². The summed E-state index contributed by atoms with van der Waals surface area (Å²) >= 11 is 0. The van der Waals surface area contributed by atoms with Crippen LogP contribution in [0.1, 0.15) is 46.0 Å². The predicted octanol–water partition coefficient (Wildman–Crippen LogP) is 2.29. The molecule has 0 unspecified atom stereocenters. The van der Waals surface area contributed by atoms with Crippen molar-refractivity contribution in [2.75, 3.05) is 6.61 Å². The van der Waals surface area contributed by atoms with Gasteiger partial charge in [0.25, 0.3) is 0 Å². The van der Waals surface area contributed by atoms with Crippen LogP contribution in [-0.2, 0) is 14.3 Å². The van der Waals surface area contributed by atoms with Gasteiger partial charge in [-0.25, -0.2) is 0 Å². The quantitative estimate of drug-likeness (QED) is 0.639. The molecule has 1 saturated heterocycles. The molecule has 0 saturated carbocycles. The molecule has 3 heteroatoms. The zero-order chi connectivity index (χ0) is 10.4. The van der Waals surface area contributed by atoms with Gasteiger partial charge >= 0.3 is 5.97 Å². The summed E-state index contributed by atoms with van der Waals surface area (Å²) in [4.78, 5) is 11.2. The molecule has 1 heterocycles. The molecule has 0 amide bonds. The Labute approximate surface area is 85.8 Å². The molecule has 0 bridgehead atoms. The summed E-state index contributed by atoms with van der Waals surface area (Å²) in [5.41, 5.74) is 0. The predicted molar refractivity (Wildman–Crippen MR) is 54.1 cm³/mol. The van der Waals surface area contributed by atoms with E-state index < -0.39 is 0 Å². The summed E-state index contributed by atoms with van der Waals surface area (Å²) in [6.07, 6.45) is 5.05. The van der Waals surface area contributed by atoms with E-state index in [4.69, 9.17) is 9.47 Å². The minimum Gasteiger partial charge on any atom is -0.463 e. The van der Waals surface area contributed by atoms with Crippen molar-refractivity contribution >= 4 is 5.97 Å². The fraction of sp³-hybridized carbons (Fsp3) is 0.909. The Morgan fingerprint density at radius 3 is 2.86 bits per heavy atom. The summed E-state index contributed by atoms with van der Waals surface area (Å²) in [6, 6.07) is 0. The van der Waals surface area contributed by atoms with E-state index in [1.165, 1.54) is 0 Å². The molecule has 0 radical (unpaired) electrons. The van der Waals surface area contributed by atoms with Crippen LogP contribution in [0.5, 0.6) is 0 Å². The smallest absolute Gasteiger partial charge is 0.305 e. The summed E-state index contributed by atoms with van der Waals surface area (Å²) in [5, 5.41) is 0. The van der Waals surface area contributed by atoms with Crippen molar-refractivity contribution in [3.05, 3.63) is 0 Å². The maximum atomic E-state index is 11.2. The van der Waals surface area contributed by atoms with Crippen LogP contribution < -0.4 is 0 Å². The van der Waals surface area contributed by atoms with Crippen LogP contribution in [0, 0.1) is 0 Å². The van der Waals surface area contributed by atoms with Crippen molar-refractivity contribution in [1.82, 2.24) is 0 Å². The molecule has 0 N–H and O–H groups in total. The van der Waals surface area contributed by atoms with Gasteiger partial charge in [-0.15, -0.1) is 0 Å². The fourth-order valence-electron chi connectivity index (χ4n) is 1.59. The lowest BCUT2D eigenvalue weighted by atomic mass is 10.2. The number of ether oxygens (including phenoxy) is 2. The fourth-order valence-corrected chi connectivity index (χ4v) is 1.59. The lowest BCUT2D eigenvalue weighted by Crippen LogP contribution is -2.18. The Bertz CT molecular complexity index is 179. The van der Waals surface area contributed by atoms with Gasteiger partial charge < -0.3 is 9.47 Å². The van der Waals surface area contributed by atoms with Crippen molar-refractivity contribution in [2.45, 2.75) is 58.2 Å². The minimum atomic E-state index is -0.0880. The lowest BCUT2D eigenvalue weighted by molar-refractivity contribution is -0.147. The summed E-state index contributed by atoms with van der Waals surface area (Å²) in [7, 11) is 0. The van der Waals surface area contributed by atoms with E-state index in [2.05, 4.69) is 13.8 Å². The van der Waals surface area contributed by atoms with Gasteiger partial charge in [0.1, 0.15) is 6.61 Å². The molecular formula is C11H20O3. The third-order valence-corrected chi connectivity index (χ3v) is 2.48. The molecule has 0 aliphatic carbocycles. The summed E-state index contributed by atoms with van der Waals surface area (Å²) in [5.74, 6) is -0.0880. The van der Waals surface area contributed by atoms with Crippen LogP contribution in [0.25, 0.3) is 0 Å². The zero-order valence-corrected chi connectivity index (χ0v) is 9.12. The maximum Gasteiger partial charge on any atom is 0.305 e. The molecule has 82 valence electrons. The van der Waals surface area contributed by atoms with E-state index >= 15 is 0 Å². The van der Waals surface area contributed by atoms with Crippen LogP contribution in [-0.4, -0.2) is 24.8 Å². The third kappa shape index (κ3) is 4.09. The second-order valence-corrected chi connectivity index (χ2v) is 3.93. The molecule has 2 atom stereocenters. The molecular weight excluding hydrogens is 180 g/mol. The van der Waals surface area contributed by atoms with E-state index in [1.54, 1.807) is 0 Å². The molecule has 1 aliphatic heterocycles. The Morgan fingerprint density at radius 2 is 2.29 bits per heavy atom. The Hall–Kier alpha value is -0.570. The molecule has 0 aromatic heterocycles. The number of carbonyl (C=O) groups excluding carboxylic acids is 1. The largest absolute Gasteiger partial charge is 0.463 e. The monoisotopic (exact) mass is 200 g/mol. The molecule has 0 spiro atoms. The Balaban J connectivity index is 2.05. The van der Waals surface area contributed by atoms with Gasteiger partial charge in [0.15, 0.2) is 0 Å². The number of esters is 1. The Kier molecular flexibility index (Phi) is 4.94. The van der Waals surface area contributed by atoms with Gasteiger partial charge in [-0.05, 0) is 26.2 Å². The lowest BCUT2D eigenvalue weighted by Gasteiger charge is -2.11. The highest BCUT2D eigenvalue weighted by molar-refractivity contribution is 5.69. The number of hydrogen-bond donors (Lipinski definition) is 0. The van der Waals surface area contributed by atoms with Crippen molar-refractivity contribution in [2.24, 2.45) is 0 Å². The number of carbonyl (C=O) groups is 1.